The molecule has 1 rings (SSSR count). The number of carbonyl (C=O) groups is 2. The summed E-state index contributed by atoms with van der Waals surface area (Å²) < 4.78 is 0. The summed E-state index contributed by atoms with van der Waals surface area (Å²) >= 11 is 2.20. The van der Waals surface area contributed by atoms with E-state index >= 15 is 0 Å². The van der Waals surface area contributed by atoms with Crippen molar-refractivity contribution in [2.75, 3.05) is 12.0 Å². The molecule has 1 aromatic heterocycles. The Labute approximate surface area is 130 Å². The Bertz CT molecular complexity index is 526. The molecule has 0 spiro atoms. The van der Waals surface area contributed by atoms with E-state index in [4.69, 9.17) is 5.11 Å². The summed E-state index contributed by atoms with van der Waals surface area (Å²) in [5, 5.41) is 29.2. The van der Waals surface area contributed by atoms with Gasteiger partial charge in [-0.2, -0.15) is 0 Å². The number of carboxylic acid groups (broad SMARTS) is 1. The van der Waals surface area contributed by atoms with Crippen LogP contribution in [0.4, 0.5) is 0 Å². The van der Waals surface area contributed by atoms with Gasteiger partial charge in [0.1, 0.15) is 6.10 Å². The Morgan fingerprint density at radius 3 is 2.57 bits per heavy atom. The van der Waals surface area contributed by atoms with E-state index in [-0.39, 0.29) is 27.9 Å². The topological polar surface area (TPSA) is 121 Å². The van der Waals surface area contributed by atoms with Crippen LogP contribution in [0.15, 0.2) is 11.4 Å². The van der Waals surface area contributed by atoms with Crippen molar-refractivity contribution in [2.45, 2.75) is 30.7 Å². The molecule has 1 aromatic rings. The molecule has 0 saturated carbocycles. The minimum atomic E-state index is -1.42. The molecule has 21 heavy (non-hydrogen) atoms. The van der Waals surface area contributed by atoms with Gasteiger partial charge in [0, 0.05) is 24.4 Å². The normalized spacial score (nSPS) is 13.7. The number of nitrogens with zero attached hydrogens (tertiary/aromatic N) is 2. The summed E-state index contributed by atoms with van der Waals surface area (Å²) in [5.74, 6) is -0.966. The number of carbonyl (C=O) groups excluding carboxylic acids is 1. The fourth-order valence-corrected chi connectivity index (χ4v) is 2.54. The molecule has 7 nitrogen and oxygen atoms in total. The monoisotopic (exact) mass is 332 g/mol. The SMILES string of the molecule is CSc1ncc(C(O)C(O)CCSC(C)=O)c(C(=O)O)n1. The zero-order chi connectivity index (χ0) is 16.0. The van der Waals surface area contributed by atoms with Crippen molar-refractivity contribution in [1.29, 1.82) is 0 Å². The standard InChI is InChI=1S/C12H16N2O5S2/c1-6(15)21-4-3-8(16)10(17)7-5-13-12(20-2)14-9(7)11(18)19/h5,8,10,16-17H,3-4H2,1-2H3,(H,18,19). The number of carboxylic acids is 1. The fraction of sp³-hybridized carbons (Fsp3) is 0.500. The summed E-state index contributed by atoms with van der Waals surface area (Å²) in [6.45, 7) is 1.41. The van der Waals surface area contributed by atoms with Crippen molar-refractivity contribution in [1.82, 2.24) is 9.97 Å². The second-order valence-corrected chi connectivity index (χ2v) is 6.15. The van der Waals surface area contributed by atoms with Gasteiger partial charge < -0.3 is 15.3 Å². The Balaban J connectivity index is 2.87. The maximum absolute atomic E-state index is 11.2. The predicted octanol–water partition coefficient (Wildman–Crippen LogP) is 0.961. The molecule has 0 aliphatic heterocycles. The van der Waals surface area contributed by atoms with Gasteiger partial charge in [-0.05, 0) is 12.7 Å². The van der Waals surface area contributed by atoms with Crippen molar-refractivity contribution < 1.29 is 24.9 Å². The first-order chi connectivity index (χ1) is 9.86. The van der Waals surface area contributed by atoms with Crippen LogP contribution in [0.25, 0.3) is 0 Å². The highest BCUT2D eigenvalue weighted by atomic mass is 32.2. The van der Waals surface area contributed by atoms with Crippen molar-refractivity contribution in [3.05, 3.63) is 17.5 Å². The highest BCUT2D eigenvalue weighted by Gasteiger charge is 2.25. The molecule has 0 amide bonds. The van der Waals surface area contributed by atoms with E-state index in [1.807, 2.05) is 0 Å². The fourth-order valence-electron chi connectivity index (χ4n) is 1.55. The van der Waals surface area contributed by atoms with E-state index in [0.29, 0.717) is 5.75 Å². The average Bonchev–Trinajstić information content (AvgIpc) is 2.45. The maximum atomic E-state index is 11.2. The highest BCUT2D eigenvalue weighted by molar-refractivity contribution is 8.13. The zero-order valence-corrected chi connectivity index (χ0v) is 13.1. The van der Waals surface area contributed by atoms with Crippen molar-refractivity contribution in [3.8, 4) is 0 Å². The Morgan fingerprint density at radius 1 is 1.38 bits per heavy atom. The molecule has 9 heteroatoms. The van der Waals surface area contributed by atoms with Gasteiger partial charge in [-0.3, -0.25) is 4.79 Å². The lowest BCUT2D eigenvalue weighted by Gasteiger charge is -2.18. The number of hydrogen-bond donors (Lipinski definition) is 3. The molecule has 1 heterocycles. The number of rotatable bonds is 7. The van der Waals surface area contributed by atoms with Crippen LogP contribution >= 0.6 is 23.5 Å². The Hall–Kier alpha value is -1.16. The molecule has 116 valence electrons. The lowest BCUT2D eigenvalue weighted by molar-refractivity contribution is -0.109. The first-order valence-corrected chi connectivity index (χ1v) is 8.21. The van der Waals surface area contributed by atoms with Gasteiger partial charge in [-0.15, -0.1) is 0 Å². The van der Waals surface area contributed by atoms with Gasteiger partial charge in [0.25, 0.3) is 0 Å². The Morgan fingerprint density at radius 2 is 2.05 bits per heavy atom. The third kappa shape index (κ3) is 5.27. The largest absolute Gasteiger partial charge is 0.476 e. The summed E-state index contributed by atoms with van der Waals surface area (Å²) in [6.07, 6.45) is 0.437. The smallest absolute Gasteiger partial charge is 0.355 e. The van der Waals surface area contributed by atoms with Gasteiger partial charge >= 0.3 is 5.97 Å². The summed E-state index contributed by atoms with van der Waals surface area (Å²) in [5.41, 5.74) is -0.374. The quantitative estimate of drug-likeness (QED) is 0.495. The van der Waals surface area contributed by atoms with Crippen LogP contribution in [-0.4, -0.2) is 54.5 Å². The lowest BCUT2D eigenvalue weighted by Crippen LogP contribution is -2.22. The van der Waals surface area contributed by atoms with Crippen LogP contribution < -0.4 is 0 Å². The third-order valence-corrected chi connectivity index (χ3v) is 3.99. The summed E-state index contributed by atoms with van der Waals surface area (Å²) in [6, 6.07) is 0. The van der Waals surface area contributed by atoms with Gasteiger partial charge in [0.2, 0.25) is 0 Å². The van der Waals surface area contributed by atoms with Gasteiger partial charge in [-0.25, -0.2) is 14.8 Å². The van der Waals surface area contributed by atoms with Crippen LogP contribution in [0.3, 0.4) is 0 Å². The van der Waals surface area contributed by atoms with Crippen LogP contribution in [0.1, 0.15) is 35.5 Å². The van der Waals surface area contributed by atoms with Gasteiger partial charge in [0.15, 0.2) is 16.0 Å². The highest BCUT2D eigenvalue weighted by Crippen LogP contribution is 2.24. The van der Waals surface area contributed by atoms with Crippen molar-refractivity contribution >= 4 is 34.6 Å². The number of aromatic nitrogens is 2. The molecule has 0 bridgehead atoms. The molecule has 0 aliphatic carbocycles. The van der Waals surface area contributed by atoms with Crippen LogP contribution in [0.2, 0.25) is 0 Å². The third-order valence-electron chi connectivity index (χ3n) is 2.58. The van der Waals surface area contributed by atoms with E-state index in [1.54, 1.807) is 6.26 Å². The van der Waals surface area contributed by atoms with Crippen molar-refractivity contribution in [2.24, 2.45) is 0 Å². The number of aliphatic hydroxyl groups excluding tert-OH is 2. The molecule has 3 N–H and O–H groups in total. The van der Waals surface area contributed by atoms with E-state index < -0.39 is 18.2 Å². The minimum Gasteiger partial charge on any atom is -0.476 e. The van der Waals surface area contributed by atoms with Crippen LogP contribution in [0.5, 0.6) is 0 Å². The molecule has 2 unspecified atom stereocenters. The van der Waals surface area contributed by atoms with Crippen LogP contribution in [0, 0.1) is 0 Å². The summed E-state index contributed by atoms with van der Waals surface area (Å²) in [7, 11) is 0. The first-order valence-electron chi connectivity index (χ1n) is 6.00. The van der Waals surface area contributed by atoms with Gasteiger partial charge in [0.05, 0.1) is 6.10 Å². The van der Waals surface area contributed by atoms with E-state index in [1.165, 1.54) is 24.9 Å². The van der Waals surface area contributed by atoms with E-state index in [9.17, 15) is 19.8 Å². The second-order valence-electron chi connectivity index (χ2n) is 4.11. The molecular formula is C12H16N2O5S2. The predicted molar refractivity (Wildman–Crippen MR) is 79.5 cm³/mol. The molecule has 0 saturated heterocycles. The number of thioether (sulfide) groups is 2. The number of aliphatic hydroxyl groups is 2. The zero-order valence-electron chi connectivity index (χ0n) is 11.5. The molecule has 0 fully saturated rings. The number of aromatic carboxylic acids is 1. The molecule has 0 aromatic carbocycles. The van der Waals surface area contributed by atoms with E-state index in [0.717, 1.165) is 11.8 Å². The average molecular weight is 332 g/mol. The lowest BCUT2D eigenvalue weighted by atomic mass is 10.0. The van der Waals surface area contributed by atoms with E-state index in [2.05, 4.69) is 9.97 Å². The summed E-state index contributed by atoms with van der Waals surface area (Å²) in [4.78, 5) is 29.7. The first kappa shape index (κ1) is 17.9. The van der Waals surface area contributed by atoms with Gasteiger partial charge in [-0.1, -0.05) is 23.5 Å². The molecular weight excluding hydrogens is 316 g/mol. The minimum absolute atomic E-state index is 0.0411. The molecule has 0 radical (unpaired) electrons. The van der Waals surface area contributed by atoms with Crippen molar-refractivity contribution in [3.63, 3.8) is 0 Å². The second kappa shape index (κ2) is 8.32. The number of hydrogen-bond acceptors (Lipinski definition) is 8. The van der Waals surface area contributed by atoms with Crippen LogP contribution in [-0.2, 0) is 4.79 Å². The maximum Gasteiger partial charge on any atom is 0.355 e. The molecule has 2 atom stereocenters. The Kier molecular flexibility index (Phi) is 7.09. The molecule has 0 aliphatic rings.